The monoisotopic (exact) mass is 324 g/mol. The largest absolute Gasteiger partial charge is 0.516 e. The SMILES string of the molecule is CCCn1oc2ccc(NS(=O)(=O)C(F)(F)F)cc2c1=O. The van der Waals surface area contributed by atoms with Gasteiger partial charge in [-0.1, -0.05) is 6.92 Å². The summed E-state index contributed by atoms with van der Waals surface area (Å²) in [5.41, 5.74) is -6.15. The summed E-state index contributed by atoms with van der Waals surface area (Å²) in [5, 5.41) is 0.00539. The van der Waals surface area contributed by atoms with Crippen molar-refractivity contribution < 1.29 is 26.1 Å². The van der Waals surface area contributed by atoms with Gasteiger partial charge in [0.05, 0.1) is 11.9 Å². The molecule has 1 aromatic heterocycles. The molecule has 6 nitrogen and oxygen atoms in total. The Morgan fingerprint density at radius 3 is 2.57 bits per heavy atom. The van der Waals surface area contributed by atoms with Crippen molar-refractivity contribution in [3.63, 3.8) is 0 Å². The van der Waals surface area contributed by atoms with E-state index in [1.807, 2.05) is 6.92 Å². The molecule has 0 amide bonds. The molecule has 0 unspecified atom stereocenters. The molecule has 1 N–H and O–H groups in total. The lowest BCUT2D eigenvalue weighted by molar-refractivity contribution is -0.0429. The molecular formula is C11H11F3N2O4S. The van der Waals surface area contributed by atoms with Crippen molar-refractivity contribution in [2.24, 2.45) is 0 Å². The van der Waals surface area contributed by atoms with Crippen LogP contribution in [0.4, 0.5) is 18.9 Å². The van der Waals surface area contributed by atoms with E-state index in [0.29, 0.717) is 13.0 Å². The number of hydrogen-bond acceptors (Lipinski definition) is 4. The van der Waals surface area contributed by atoms with Gasteiger partial charge < -0.3 is 4.52 Å². The van der Waals surface area contributed by atoms with Crippen LogP contribution in [0.2, 0.25) is 0 Å². The second-order valence-corrected chi connectivity index (χ2v) is 5.93. The van der Waals surface area contributed by atoms with E-state index in [9.17, 15) is 26.4 Å². The Morgan fingerprint density at radius 1 is 1.33 bits per heavy atom. The molecular weight excluding hydrogens is 313 g/mol. The lowest BCUT2D eigenvalue weighted by Crippen LogP contribution is -2.29. The highest BCUT2D eigenvalue weighted by atomic mass is 32.2. The Kier molecular flexibility index (Phi) is 3.74. The summed E-state index contributed by atoms with van der Waals surface area (Å²) in [7, 11) is -5.53. The van der Waals surface area contributed by atoms with Crippen LogP contribution in [0.15, 0.2) is 27.5 Å². The highest BCUT2D eigenvalue weighted by Crippen LogP contribution is 2.26. The zero-order valence-electron chi connectivity index (χ0n) is 10.8. The van der Waals surface area contributed by atoms with Crippen LogP contribution in [0.3, 0.4) is 0 Å². The molecule has 1 heterocycles. The fourth-order valence-corrected chi connectivity index (χ4v) is 2.25. The van der Waals surface area contributed by atoms with E-state index in [4.69, 9.17) is 4.52 Å². The summed E-state index contributed by atoms with van der Waals surface area (Å²) in [4.78, 5) is 11.9. The van der Waals surface area contributed by atoms with Crippen molar-refractivity contribution in [3.05, 3.63) is 28.6 Å². The van der Waals surface area contributed by atoms with Crippen molar-refractivity contribution in [1.29, 1.82) is 0 Å². The molecule has 0 aliphatic carbocycles. The molecule has 0 spiro atoms. The number of aromatic nitrogens is 1. The van der Waals surface area contributed by atoms with Gasteiger partial charge in [0.25, 0.3) is 5.56 Å². The Bertz CT molecular complexity index is 820. The van der Waals surface area contributed by atoms with Gasteiger partial charge in [-0.2, -0.15) is 26.3 Å². The molecule has 2 rings (SSSR count). The summed E-state index contributed by atoms with van der Waals surface area (Å²) >= 11 is 0. The Balaban J connectivity index is 2.45. The van der Waals surface area contributed by atoms with Crippen LogP contribution in [-0.2, 0) is 16.6 Å². The molecule has 0 saturated carbocycles. The summed E-state index contributed by atoms with van der Waals surface area (Å²) in [6.45, 7) is 2.14. The minimum absolute atomic E-state index is 0.00539. The molecule has 0 aliphatic rings. The average molecular weight is 324 g/mol. The van der Waals surface area contributed by atoms with Gasteiger partial charge >= 0.3 is 15.5 Å². The average Bonchev–Trinajstić information content (AvgIpc) is 2.66. The van der Waals surface area contributed by atoms with Crippen molar-refractivity contribution in [2.75, 3.05) is 4.72 Å². The van der Waals surface area contributed by atoms with Crippen molar-refractivity contribution >= 4 is 26.7 Å². The molecule has 0 bridgehead atoms. The van der Waals surface area contributed by atoms with Crippen LogP contribution in [0.1, 0.15) is 13.3 Å². The molecule has 0 aliphatic heterocycles. The number of rotatable bonds is 4. The van der Waals surface area contributed by atoms with E-state index in [2.05, 4.69) is 0 Å². The normalized spacial score (nSPS) is 12.8. The molecule has 21 heavy (non-hydrogen) atoms. The maximum absolute atomic E-state index is 12.3. The Labute approximate surface area is 117 Å². The number of anilines is 1. The van der Waals surface area contributed by atoms with Crippen LogP contribution in [-0.4, -0.2) is 18.7 Å². The summed E-state index contributed by atoms with van der Waals surface area (Å²) in [5.74, 6) is 0. The number of alkyl halides is 3. The third-order valence-corrected chi connectivity index (χ3v) is 3.74. The van der Waals surface area contributed by atoms with Gasteiger partial charge in [0.15, 0.2) is 5.58 Å². The number of sulfonamides is 1. The second-order valence-electron chi connectivity index (χ2n) is 4.26. The number of halogens is 3. The van der Waals surface area contributed by atoms with Crippen LogP contribution in [0.5, 0.6) is 0 Å². The molecule has 2 aromatic rings. The molecule has 116 valence electrons. The first-order chi connectivity index (χ1) is 9.65. The zero-order chi connectivity index (χ0) is 15.8. The van der Waals surface area contributed by atoms with Crippen LogP contribution >= 0.6 is 0 Å². The highest BCUT2D eigenvalue weighted by Gasteiger charge is 2.46. The minimum atomic E-state index is -5.53. The number of hydrogen-bond donors (Lipinski definition) is 1. The molecule has 10 heteroatoms. The molecule has 1 aromatic carbocycles. The first kappa shape index (κ1) is 15.4. The summed E-state index contributed by atoms with van der Waals surface area (Å²) < 4.78 is 66.5. The van der Waals surface area contributed by atoms with E-state index in [1.54, 1.807) is 0 Å². The quantitative estimate of drug-likeness (QED) is 0.935. The van der Waals surface area contributed by atoms with Gasteiger partial charge in [0, 0.05) is 5.69 Å². The zero-order valence-corrected chi connectivity index (χ0v) is 11.6. The number of benzene rings is 1. The molecule has 0 saturated heterocycles. The topological polar surface area (TPSA) is 81.3 Å². The number of aryl methyl sites for hydroxylation is 1. The van der Waals surface area contributed by atoms with E-state index >= 15 is 0 Å². The van der Waals surface area contributed by atoms with Gasteiger partial charge in [-0.25, -0.2) is 0 Å². The number of nitrogens with one attached hydrogen (secondary N) is 1. The van der Waals surface area contributed by atoms with E-state index in [-0.39, 0.29) is 16.7 Å². The van der Waals surface area contributed by atoms with E-state index in [1.165, 1.54) is 10.8 Å². The lowest BCUT2D eigenvalue weighted by atomic mass is 10.2. The molecule has 0 radical (unpaired) electrons. The predicted molar refractivity (Wildman–Crippen MR) is 69.4 cm³/mol. The lowest BCUT2D eigenvalue weighted by Gasteiger charge is -2.09. The number of fused-ring (bicyclic) bond motifs is 1. The van der Waals surface area contributed by atoms with Crippen LogP contribution < -0.4 is 10.3 Å². The second kappa shape index (κ2) is 5.10. The van der Waals surface area contributed by atoms with Gasteiger partial charge in [0.1, 0.15) is 0 Å². The van der Waals surface area contributed by atoms with Gasteiger partial charge in [-0.15, -0.1) is 0 Å². The number of nitrogens with zero attached hydrogens (tertiary/aromatic N) is 1. The van der Waals surface area contributed by atoms with Gasteiger partial charge in [-0.05, 0) is 24.6 Å². The fraction of sp³-hybridized carbons (Fsp3) is 0.364. The maximum Gasteiger partial charge on any atom is 0.516 e. The maximum atomic E-state index is 12.3. The van der Waals surface area contributed by atoms with E-state index < -0.39 is 21.1 Å². The Hall–Kier alpha value is -1.97. The predicted octanol–water partition coefficient (Wildman–Crippen LogP) is 2.27. The van der Waals surface area contributed by atoms with Crippen molar-refractivity contribution in [2.45, 2.75) is 25.4 Å². The van der Waals surface area contributed by atoms with Crippen molar-refractivity contribution in [1.82, 2.24) is 4.74 Å². The fourth-order valence-electron chi connectivity index (χ4n) is 1.70. The third kappa shape index (κ3) is 2.89. The molecule has 0 fully saturated rings. The summed E-state index contributed by atoms with van der Waals surface area (Å²) in [6.07, 6.45) is 0.632. The highest BCUT2D eigenvalue weighted by molar-refractivity contribution is 7.93. The van der Waals surface area contributed by atoms with Crippen molar-refractivity contribution in [3.8, 4) is 0 Å². The first-order valence-corrected chi connectivity index (χ1v) is 7.37. The minimum Gasteiger partial charge on any atom is -0.376 e. The van der Waals surface area contributed by atoms with Crippen LogP contribution in [0.25, 0.3) is 11.0 Å². The van der Waals surface area contributed by atoms with Gasteiger partial charge in [0.2, 0.25) is 0 Å². The third-order valence-electron chi connectivity index (χ3n) is 2.63. The standard InChI is InChI=1S/C11H11F3N2O4S/c1-2-5-16-10(17)8-6-7(3-4-9(8)20-16)15-21(18,19)11(12,13)14/h3-4,6,15H,2,5H2,1H3. The van der Waals surface area contributed by atoms with E-state index in [0.717, 1.165) is 16.9 Å². The van der Waals surface area contributed by atoms with Gasteiger partial charge in [-0.3, -0.25) is 9.52 Å². The molecule has 0 atom stereocenters. The first-order valence-electron chi connectivity index (χ1n) is 5.88. The summed E-state index contributed by atoms with van der Waals surface area (Å²) in [6, 6.07) is 3.33. The smallest absolute Gasteiger partial charge is 0.376 e. The Morgan fingerprint density at radius 2 is 2.00 bits per heavy atom. The van der Waals surface area contributed by atoms with Crippen LogP contribution in [0, 0.1) is 0 Å².